The van der Waals surface area contributed by atoms with Crippen LogP contribution < -0.4 is 11.1 Å². The van der Waals surface area contributed by atoms with Gasteiger partial charge >= 0.3 is 0 Å². The van der Waals surface area contributed by atoms with Gasteiger partial charge in [-0.05, 0) is 86.9 Å². The van der Waals surface area contributed by atoms with Crippen molar-refractivity contribution in [3.8, 4) is 11.1 Å². The minimum Gasteiger partial charge on any atom is -0.354 e. The molecule has 1 aliphatic carbocycles. The SMILES string of the molecule is CN1CCCC1CCNC(=O)[C@@H](Cc1ccccc1)N(C)C(=O)[C@@H](Cc1ccc(-c2ccccc2)cc1)N(C)C(=O)C=CCC1(N)CCC1. The molecule has 3 amide bonds. The van der Waals surface area contributed by atoms with Crippen LogP contribution in [0.25, 0.3) is 11.1 Å². The first-order valence-corrected chi connectivity index (χ1v) is 17.8. The first-order valence-electron chi connectivity index (χ1n) is 17.8. The van der Waals surface area contributed by atoms with Crippen LogP contribution in [0.15, 0.2) is 97.1 Å². The van der Waals surface area contributed by atoms with Gasteiger partial charge in [0, 0.05) is 45.1 Å². The summed E-state index contributed by atoms with van der Waals surface area (Å²) < 4.78 is 0. The molecule has 3 aromatic rings. The van der Waals surface area contributed by atoms with Crippen LogP contribution in [0.5, 0.6) is 0 Å². The van der Waals surface area contributed by atoms with E-state index in [1.54, 1.807) is 25.1 Å². The summed E-state index contributed by atoms with van der Waals surface area (Å²) in [5.74, 6) is -0.730. The minimum atomic E-state index is -0.821. The van der Waals surface area contributed by atoms with E-state index in [0.29, 0.717) is 31.8 Å². The quantitative estimate of drug-likeness (QED) is 0.217. The highest BCUT2D eigenvalue weighted by Crippen LogP contribution is 2.32. The Bertz CT molecular complexity index is 1550. The first-order chi connectivity index (χ1) is 23.6. The zero-order chi connectivity index (χ0) is 34.8. The Hall–Kier alpha value is -4.27. The lowest BCUT2D eigenvalue weighted by Crippen LogP contribution is -2.56. The average molecular weight is 664 g/mol. The number of hydrogen-bond donors (Lipinski definition) is 2. The Morgan fingerprint density at radius 2 is 1.47 bits per heavy atom. The maximum Gasteiger partial charge on any atom is 0.246 e. The fourth-order valence-corrected chi connectivity index (χ4v) is 7.03. The lowest BCUT2D eigenvalue weighted by molar-refractivity contribution is -0.146. The van der Waals surface area contributed by atoms with Crippen molar-refractivity contribution in [3.63, 3.8) is 0 Å². The van der Waals surface area contributed by atoms with Crippen molar-refractivity contribution < 1.29 is 14.4 Å². The molecule has 5 rings (SSSR count). The Kier molecular flexibility index (Phi) is 12.4. The first kappa shape index (κ1) is 36.0. The van der Waals surface area contributed by atoms with Crippen molar-refractivity contribution in [2.75, 3.05) is 34.2 Å². The van der Waals surface area contributed by atoms with Gasteiger partial charge in [0.05, 0.1) is 0 Å². The number of amides is 3. The van der Waals surface area contributed by atoms with Crippen LogP contribution in [-0.2, 0) is 27.2 Å². The summed E-state index contributed by atoms with van der Waals surface area (Å²) in [5.41, 5.74) is 10.2. The van der Waals surface area contributed by atoms with Crippen LogP contribution in [0.2, 0.25) is 0 Å². The topological polar surface area (TPSA) is 99.0 Å². The summed E-state index contributed by atoms with van der Waals surface area (Å²) in [6, 6.07) is 26.9. The zero-order valence-corrected chi connectivity index (χ0v) is 29.4. The summed E-state index contributed by atoms with van der Waals surface area (Å²) >= 11 is 0. The summed E-state index contributed by atoms with van der Waals surface area (Å²) in [6.45, 7) is 1.63. The number of rotatable bonds is 15. The van der Waals surface area contributed by atoms with Gasteiger partial charge in [-0.25, -0.2) is 0 Å². The van der Waals surface area contributed by atoms with E-state index in [9.17, 15) is 14.4 Å². The fourth-order valence-electron chi connectivity index (χ4n) is 7.03. The maximum atomic E-state index is 14.5. The standard InChI is InChI=1S/C41H53N5O3/c1-44-28-11-17-35(44)23-27-43-39(48)36(29-31-13-6-4-7-14-31)46(3)40(49)37(45(2)38(47)18-10-24-41(42)25-12-26-41)30-32-19-21-34(22-20-32)33-15-8-5-9-16-33/h4-10,13-16,18-22,35-37H,11-12,17,23-30,42H2,1-3H3,(H,43,48)/t35?,36-,37-/m1/s1. The smallest absolute Gasteiger partial charge is 0.246 e. The molecule has 0 bridgehead atoms. The van der Waals surface area contributed by atoms with Gasteiger partial charge in [-0.3, -0.25) is 14.4 Å². The molecular formula is C41H53N5O3. The minimum absolute atomic E-state index is 0.186. The molecule has 1 heterocycles. The van der Waals surface area contributed by atoms with Gasteiger partial charge in [0.25, 0.3) is 0 Å². The molecule has 260 valence electrons. The fraction of sp³-hybridized carbons (Fsp3) is 0.439. The molecule has 3 N–H and O–H groups in total. The molecule has 0 radical (unpaired) electrons. The number of carbonyl (C=O) groups is 3. The molecule has 8 heteroatoms. The molecule has 2 fully saturated rings. The van der Waals surface area contributed by atoms with Crippen LogP contribution in [0.4, 0.5) is 0 Å². The second-order valence-electron chi connectivity index (χ2n) is 14.1. The molecule has 0 aromatic heterocycles. The van der Waals surface area contributed by atoms with E-state index in [0.717, 1.165) is 60.9 Å². The van der Waals surface area contributed by atoms with E-state index in [4.69, 9.17) is 5.73 Å². The molecule has 8 nitrogen and oxygen atoms in total. The van der Waals surface area contributed by atoms with E-state index >= 15 is 0 Å². The van der Waals surface area contributed by atoms with Crippen LogP contribution >= 0.6 is 0 Å². The molecule has 49 heavy (non-hydrogen) atoms. The third-order valence-corrected chi connectivity index (χ3v) is 10.6. The number of hydrogen-bond acceptors (Lipinski definition) is 5. The number of benzene rings is 3. The van der Waals surface area contributed by atoms with Gasteiger partial charge in [-0.1, -0.05) is 91.0 Å². The van der Waals surface area contributed by atoms with Crippen molar-refractivity contribution in [1.29, 1.82) is 0 Å². The van der Waals surface area contributed by atoms with E-state index in [1.165, 1.54) is 11.3 Å². The summed E-state index contributed by atoms with van der Waals surface area (Å²) in [7, 11) is 5.50. The molecule has 1 aliphatic heterocycles. The highest BCUT2D eigenvalue weighted by atomic mass is 16.2. The molecule has 3 aromatic carbocycles. The van der Waals surface area contributed by atoms with Crippen LogP contribution in [-0.4, -0.2) is 90.3 Å². The van der Waals surface area contributed by atoms with Crippen molar-refractivity contribution in [3.05, 3.63) is 108 Å². The number of nitrogens with one attached hydrogen (secondary N) is 1. The Labute approximate surface area is 292 Å². The third-order valence-electron chi connectivity index (χ3n) is 10.6. The Morgan fingerprint density at radius 3 is 2.08 bits per heavy atom. The van der Waals surface area contributed by atoms with Crippen molar-refractivity contribution in [2.24, 2.45) is 5.73 Å². The van der Waals surface area contributed by atoms with Gasteiger partial charge < -0.3 is 25.8 Å². The molecule has 2 aliphatic rings. The van der Waals surface area contributed by atoms with E-state index in [2.05, 4.69) is 29.4 Å². The van der Waals surface area contributed by atoms with Gasteiger partial charge in [0.15, 0.2) is 0 Å². The molecule has 1 unspecified atom stereocenters. The number of carbonyl (C=O) groups excluding carboxylic acids is 3. The molecule has 3 atom stereocenters. The largest absolute Gasteiger partial charge is 0.354 e. The molecule has 1 saturated carbocycles. The lowest BCUT2D eigenvalue weighted by atomic mass is 9.75. The van der Waals surface area contributed by atoms with Gasteiger partial charge in [0.1, 0.15) is 12.1 Å². The maximum absolute atomic E-state index is 14.5. The second-order valence-corrected chi connectivity index (χ2v) is 14.1. The van der Waals surface area contributed by atoms with Crippen LogP contribution in [0, 0.1) is 0 Å². The van der Waals surface area contributed by atoms with Crippen LogP contribution in [0.1, 0.15) is 56.1 Å². The summed E-state index contributed by atoms with van der Waals surface area (Å²) in [5, 5.41) is 3.14. The van der Waals surface area contributed by atoms with Gasteiger partial charge in [-0.15, -0.1) is 0 Å². The number of nitrogens with zero attached hydrogens (tertiary/aromatic N) is 3. The van der Waals surface area contributed by atoms with E-state index < -0.39 is 12.1 Å². The Balaban J connectivity index is 1.36. The predicted molar refractivity (Wildman–Crippen MR) is 197 cm³/mol. The van der Waals surface area contributed by atoms with Crippen molar-refractivity contribution in [2.45, 2.75) is 81.5 Å². The molecule has 1 saturated heterocycles. The second kappa shape index (κ2) is 16.9. The highest BCUT2D eigenvalue weighted by Gasteiger charge is 2.35. The zero-order valence-electron chi connectivity index (χ0n) is 29.4. The van der Waals surface area contributed by atoms with Crippen molar-refractivity contribution >= 4 is 17.7 Å². The van der Waals surface area contributed by atoms with Gasteiger partial charge in [-0.2, -0.15) is 0 Å². The Morgan fingerprint density at radius 1 is 0.857 bits per heavy atom. The van der Waals surface area contributed by atoms with Crippen LogP contribution in [0.3, 0.4) is 0 Å². The van der Waals surface area contributed by atoms with Crippen molar-refractivity contribution in [1.82, 2.24) is 20.0 Å². The van der Waals surface area contributed by atoms with Gasteiger partial charge in [0.2, 0.25) is 17.7 Å². The molecule has 0 spiro atoms. The van der Waals surface area contributed by atoms with E-state index in [1.807, 2.05) is 78.9 Å². The monoisotopic (exact) mass is 663 g/mol. The number of likely N-dealkylation sites (tertiary alicyclic amines) is 1. The summed E-state index contributed by atoms with van der Waals surface area (Å²) in [6.07, 6.45) is 10.9. The number of likely N-dealkylation sites (N-methyl/N-ethyl adjacent to an activating group) is 2. The van der Waals surface area contributed by atoms with E-state index in [-0.39, 0.29) is 23.3 Å². The predicted octanol–water partition coefficient (Wildman–Crippen LogP) is 5.22. The normalized spacial score (nSPS) is 18.4. The number of nitrogens with two attached hydrogens (primary N) is 1. The third kappa shape index (κ3) is 9.67. The highest BCUT2D eigenvalue weighted by molar-refractivity contribution is 5.95. The summed E-state index contributed by atoms with van der Waals surface area (Å²) in [4.78, 5) is 47.4. The lowest BCUT2D eigenvalue weighted by Gasteiger charge is -2.37. The molecular weight excluding hydrogens is 610 g/mol. The average Bonchev–Trinajstić information content (AvgIpc) is 3.52.